The Labute approximate surface area is 152 Å². The lowest BCUT2D eigenvalue weighted by Gasteiger charge is -2.28. The van der Waals surface area contributed by atoms with Crippen LogP contribution in [0.3, 0.4) is 0 Å². The number of non-ortho nitro benzene ring substituents is 1. The van der Waals surface area contributed by atoms with Crippen LogP contribution in [0.25, 0.3) is 0 Å². The van der Waals surface area contributed by atoms with Crippen molar-refractivity contribution in [2.24, 2.45) is 5.92 Å². The van der Waals surface area contributed by atoms with Crippen LogP contribution in [-0.4, -0.2) is 35.1 Å². The summed E-state index contributed by atoms with van der Waals surface area (Å²) in [4.78, 5) is 37.2. The maximum absolute atomic E-state index is 13.0. The first-order chi connectivity index (χ1) is 12.0. The molecule has 1 aliphatic heterocycles. The Bertz CT molecular complexity index is 724. The quantitative estimate of drug-likeness (QED) is 0.654. The highest BCUT2D eigenvalue weighted by Crippen LogP contribution is 2.32. The fourth-order valence-electron chi connectivity index (χ4n) is 2.83. The lowest BCUT2D eigenvalue weighted by molar-refractivity contribution is -0.384. The van der Waals surface area contributed by atoms with Gasteiger partial charge in [0.15, 0.2) is 0 Å². The Kier molecular flexibility index (Phi) is 5.53. The standard InChI is InChI=1S/C18H25N3O5/c1-11(2)15(19-17(23)26-18(3,4)5)16(22)20-9-8-12-6-7-13(21(24)25)10-14(12)20/h6-7,10-11,15H,8-9H2,1-5H3,(H,19,23). The van der Waals surface area contributed by atoms with Crippen molar-refractivity contribution in [2.45, 2.75) is 52.7 Å². The summed E-state index contributed by atoms with van der Waals surface area (Å²) in [7, 11) is 0. The van der Waals surface area contributed by atoms with Crippen molar-refractivity contribution in [1.29, 1.82) is 0 Å². The second-order valence-electron chi connectivity index (χ2n) is 7.68. The molecule has 0 radical (unpaired) electrons. The average Bonchev–Trinajstić information content (AvgIpc) is 2.92. The Balaban J connectivity index is 2.22. The largest absolute Gasteiger partial charge is 0.444 e. The highest BCUT2D eigenvalue weighted by atomic mass is 16.6. The van der Waals surface area contributed by atoms with E-state index in [-0.39, 0.29) is 17.5 Å². The molecule has 0 spiro atoms. The monoisotopic (exact) mass is 363 g/mol. The number of carbonyl (C=O) groups is 2. The van der Waals surface area contributed by atoms with E-state index in [2.05, 4.69) is 5.32 Å². The van der Waals surface area contributed by atoms with Gasteiger partial charge in [0, 0.05) is 18.7 Å². The predicted octanol–water partition coefficient (Wildman–Crippen LogP) is 3.03. The molecule has 26 heavy (non-hydrogen) atoms. The number of rotatable bonds is 4. The number of hydrogen-bond acceptors (Lipinski definition) is 5. The SMILES string of the molecule is CC(C)C(NC(=O)OC(C)(C)C)C(=O)N1CCc2ccc([N+](=O)[O-])cc21. The van der Waals surface area contributed by atoms with Crippen LogP contribution in [-0.2, 0) is 16.0 Å². The van der Waals surface area contributed by atoms with Crippen LogP contribution < -0.4 is 10.2 Å². The van der Waals surface area contributed by atoms with E-state index >= 15 is 0 Å². The Morgan fingerprint density at radius 3 is 2.50 bits per heavy atom. The number of anilines is 1. The van der Waals surface area contributed by atoms with Crippen LogP contribution in [0.5, 0.6) is 0 Å². The van der Waals surface area contributed by atoms with E-state index < -0.39 is 22.7 Å². The van der Waals surface area contributed by atoms with Crippen LogP contribution in [0.15, 0.2) is 18.2 Å². The summed E-state index contributed by atoms with van der Waals surface area (Å²) >= 11 is 0. The van der Waals surface area contributed by atoms with Gasteiger partial charge in [-0.25, -0.2) is 4.79 Å². The number of amides is 2. The van der Waals surface area contributed by atoms with E-state index in [0.717, 1.165) is 5.56 Å². The minimum atomic E-state index is -0.782. The molecule has 1 heterocycles. The number of fused-ring (bicyclic) bond motifs is 1. The number of nitrogens with zero attached hydrogens (tertiary/aromatic N) is 2. The van der Waals surface area contributed by atoms with E-state index in [4.69, 9.17) is 4.74 Å². The van der Waals surface area contributed by atoms with Gasteiger partial charge in [0.05, 0.1) is 10.6 Å². The van der Waals surface area contributed by atoms with Crippen LogP contribution in [0, 0.1) is 16.0 Å². The fraction of sp³-hybridized carbons (Fsp3) is 0.556. The average molecular weight is 363 g/mol. The zero-order chi connectivity index (χ0) is 19.6. The van der Waals surface area contributed by atoms with Crippen molar-refractivity contribution in [3.8, 4) is 0 Å². The first-order valence-electron chi connectivity index (χ1n) is 8.58. The zero-order valence-corrected chi connectivity index (χ0v) is 15.7. The molecule has 0 bridgehead atoms. The van der Waals surface area contributed by atoms with Gasteiger partial charge in [-0.3, -0.25) is 14.9 Å². The molecule has 8 heteroatoms. The highest BCUT2D eigenvalue weighted by Gasteiger charge is 2.34. The molecule has 1 unspecified atom stereocenters. The fourth-order valence-corrected chi connectivity index (χ4v) is 2.83. The summed E-state index contributed by atoms with van der Waals surface area (Å²) in [5.74, 6) is -0.470. The second kappa shape index (κ2) is 7.31. The Hall–Kier alpha value is -2.64. The van der Waals surface area contributed by atoms with Crippen LogP contribution in [0.1, 0.15) is 40.2 Å². The van der Waals surface area contributed by atoms with Crippen LogP contribution >= 0.6 is 0 Å². The maximum Gasteiger partial charge on any atom is 0.408 e. The zero-order valence-electron chi connectivity index (χ0n) is 15.7. The lowest BCUT2D eigenvalue weighted by Crippen LogP contribution is -2.52. The molecule has 0 saturated carbocycles. The topological polar surface area (TPSA) is 102 Å². The van der Waals surface area contributed by atoms with Gasteiger partial charge in [0.2, 0.25) is 5.91 Å². The molecule has 1 N–H and O–H groups in total. The van der Waals surface area contributed by atoms with Gasteiger partial charge >= 0.3 is 6.09 Å². The van der Waals surface area contributed by atoms with E-state index in [1.165, 1.54) is 17.0 Å². The van der Waals surface area contributed by atoms with Gasteiger partial charge in [-0.15, -0.1) is 0 Å². The van der Waals surface area contributed by atoms with Crippen molar-refractivity contribution >= 4 is 23.4 Å². The minimum Gasteiger partial charge on any atom is -0.444 e. The molecule has 0 fully saturated rings. The summed E-state index contributed by atoms with van der Waals surface area (Å²) in [5, 5.41) is 13.7. The number of benzene rings is 1. The number of alkyl carbamates (subject to hydrolysis) is 1. The first kappa shape index (κ1) is 19.7. The van der Waals surface area contributed by atoms with E-state index in [9.17, 15) is 19.7 Å². The maximum atomic E-state index is 13.0. The number of nitro benzene ring substituents is 1. The predicted molar refractivity (Wildman–Crippen MR) is 97.1 cm³/mol. The summed E-state index contributed by atoms with van der Waals surface area (Å²) in [5.41, 5.74) is 0.671. The molecule has 142 valence electrons. The number of ether oxygens (including phenoxy) is 1. The van der Waals surface area contributed by atoms with Crippen LogP contribution in [0.2, 0.25) is 0 Å². The van der Waals surface area contributed by atoms with Crippen molar-refractivity contribution in [2.75, 3.05) is 11.4 Å². The molecule has 0 aromatic heterocycles. The van der Waals surface area contributed by atoms with E-state index in [0.29, 0.717) is 18.7 Å². The summed E-state index contributed by atoms with van der Waals surface area (Å²) in [6, 6.07) is 3.73. The molecule has 0 aliphatic carbocycles. The molecule has 8 nitrogen and oxygen atoms in total. The summed E-state index contributed by atoms with van der Waals surface area (Å²) in [6.07, 6.45) is -0.0425. The summed E-state index contributed by atoms with van der Waals surface area (Å²) < 4.78 is 5.24. The van der Waals surface area contributed by atoms with Gasteiger partial charge in [0.1, 0.15) is 11.6 Å². The first-order valence-corrected chi connectivity index (χ1v) is 8.58. The molecule has 2 amide bonds. The van der Waals surface area contributed by atoms with Crippen LogP contribution in [0.4, 0.5) is 16.2 Å². The molecule has 1 aliphatic rings. The molecule has 1 atom stereocenters. The van der Waals surface area contributed by atoms with Gasteiger partial charge in [-0.2, -0.15) is 0 Å². The van der Waals surface area contributed by atoms with Gasteiger partial charge in [0.25, 0.3) is 5.69 Å². The van der Waals surface area contributed by atoms with Crippen molar-refractivity contribution < 1.29 is 19.2 Å². The highest BCUT2D eigenvalue weighted by molar-refractivity contribution is 6.00. The van der Waals surface area contributed by atoms with E-state index in [1.54, 1.807) is 26.8 Å². The van der Waals surface area contributed by atoms with Gasteiger partial charge in [-0.1, -0.05) is 19.9 Å². The van der Waals surface area contributed by atoms with Gasteiger partial charge in [-0.05, 0) is 38.7 Å². The Morgan fingerprint density at radius 1 is 1.31 bits per heavy atom. The third-order valence-electron chi connectivity index (χ3n) is 4.05. The lowest BCUT2D eigenvalue weighted by atomic mass is 10.0. The molecule has 1 aromatic carbocycles. The molecule has 0 saturated heterocycles. The van der Waals surface area contributed by atoms with E-state index in [1.807, 2.05) is 13.8 Å². The normalized spacial score (nSPS) is 14.8. The number of nitro groups is 1. The van der Waals surface area contributed by atoms with Crippen molar-refractivity contribution in [1.82, 2.24) is 5.32 Å². The third-order valence-corrected chi connectivity index (χ3v) is 4.05. The number of carbonyl (C=O) groups excluding carboxylic acids is 2. The number of nitrogens with one attached hydrogen (secondary N) is 1. The van der Waals surface area contributed by atoms with Crippen molar-refractivity contribution in [3.05, 3.63) is 33.9 Å². The molecular weight excluding hydrogens is 338 g/mol. The smallest absolute Gasteiger partial charge is 0.408 e. The molecular formula is C18H25N3O5. The number of hydrogen-bond donors (Lipinski definition) is 1. The third kappa shape index (κ3) is 4.50. The molecule has 1 aromatic rings. The Morgan fingerprint density at radius 2 is 1.96 bits per heavy atom. The van der Waals surface area contributed by atoms with Gasteiger partial charge < -0.3 is 15.0 Å². The second-order valence-corrected chi connectivity index (χ2v) is 7.68. The minimum absolute atomic E-state index is 0.0651. The van der Waals surface area contributed by atoms with Crippen molar-refractivity contribution in [3.63, 3.8) is 0 Å². The summed E-state index contributed by atoms with van der Waals surface area (Å²) in [6.45, 7) is 9.31. The molecule has 2 rings (SSSR count).